The molecular formula is C8H9NO7. The molecule has 3 unspecified atom stereocenters. The molecule has 1 aliphatic rings. The molecule has 0 amide bonds. The fourth-order valence-corrected chi connectivity index (χ4v) is 1.68. The molecule has 0 aromatic rings. The summed E-state index contributed by atoms with van der Waals surface area (Å²) in [5, 5.41) is 19.3. The first-order chi connectivity index (χ1) is 7.47. The number of Topliss-reactive ketones (excluding diaryl/α,β-unsaturated/α-hetero) is 1. The number of nitrogens with zero attached hydrogens (tertiary/aromatic N) is 1. The molecule has 3 atom stereocenters. The van der Waals surface area contributed by atoms with Crippen LogP contribution in [0.15, 0.2) is 0 Å². The summed E-state index contributed by atoms with van der Waals surface area (Å²) in [6.45, 7) is 0.0420. The molecule has 0 aromatic heterocycles. The molecule has 8 nitrogen and oxygen atoms in total. The summed E-state index contributed by atoms with van der Waals surface area (Å²) < 4.78 is 4.45. The van der Waals surface area contributed by atoms with E-state index in [0.717, 1.165) is 0 Å². The van der Waals surface area contributed by atoms with E-state index in [1.807, 2.05) is 0 Å². The summed E-state index contributed by atoms with van der Waals surface area (Å²) in [4.78, 5) is 41.8. The van der Waals surface area contributed by atoms with Gasteiger partial charge < -0.3 is 9.84 Å². The molecule has 1 saturated carbocycles. The van der Waals surface area contributed by atoms with Gasteiger partial charge in [-0.25, -0.2) is 0 Å². The number of hydrogen-bond acceptors (Lipinski definition) is 6. The maximum atomic E-state index is 11.3. The van der Waals surface area contributed by atoms with Crippen LogP contribution in [0.25, 0.3) is 0 Å². The highest BCUT2D eigenvalue weighted by Gasteiger charge is 2.46. The van der Waals surface area contributed by atoms with Crippen LogP contribution in [0, 0.1) is 16.0 Å². The Bertz CT molecular complexity index is 339. The van der Waals surface area contributed by atoms with Crippen molar-refractivity contribution in [3.05, 3.63) is 10.1 Å². The van der Waals surface area contributed by atoms with Gasteiger partial charge >= 0.3 is 5.97 Å². The van der Waals surface area contributed by atoms with E-state index in [2.05, 4.69) is 4.74 Å². The van der Waals surface area contributed by atoms with Crippen LogP contribution in [0.1, 0.15) is 12.8 Å². The van der Waals surface area contributed by atoms with Crippen LogP contribution in [0.5, 0.6) is 0 Å². The van der Waals surface area contributed by atoms with Crippen molar-refractivity contribution in [2.45, 2.75) is 25.0 Å². The van der Waals surface area contributed by atoms with Gasteiger partial charge in [0.1, 0.15) is 12.0 Å². The number of carboxylic acid groups (broad SMARTS) is 1. The molecule has 0 aromatic carbocycles. The Kier molecular flexibility index (Phi) is 3.54. The van der Waals surface area contributed by atoms with Crippen LogP contribution < -0.4 is 0 Å². The second kappa shape index (κ2) is 4.69. The van der Waals surface area contributed by atoms with Gasteiger partial charge in [-0.1, -0.05) is 0 Å². The second-order valence-electron chi connectivity index (χ2n) is 3.42. The molecule has 1 N–H and O–H groups in total. The lowest BCUT2D eigenvalue weighted by atomic mass is 9.82. The lowest BCUT2D eigenvalue weighted by molar-refractivity contribution is -0.511. The largest absolute Gasteiger partial charge is 0.481 e. The molecule has 0 heterocycles. The summed E-state index contributed by atoms with van der Waals surface area (Å²) in [7, 11) is 0. The van der Waals surface area contributed by atoms with Gasteiger partial charge in [0, 0.05) is 11.3 Å². The van der Waals surface area contributed by atoms with Crippen molar-refractivity contribution in [1.82, 2.24) is 0 Å². The lowest BCUT2D eigenvalue weighted by Crippen LogP contribution is -2.46. The second-order valence-corrected chi connectivity index (χ2v) is 3.42. The first kappa shape index (κ1) is 12.1. The predicted octanol–water partition coefficient (Wildman–Crippen LogP) is -0.763. The van der Waals surface area contributed by atoms with Crippen LogP contribution in [-0.4, -0.2) is 40.4 Å². The van der Waals surface area contributed by atoms with E-state index in [-0.39, 0.29) is 6.47 Å². The van der Waals surface area contributed by atoms with Gasteiger partial charge in [0.25, 0.3) is 12.5 Å². The molecule has 16 heavy (non-hydrogen) atoms. The summed E-state index contributed by atoms with van der Waals surface area (Å²) in [5.74, 6) is -3.24. The van der Waals surface area contributed by atoms with Gasteiger partial charge in [0.15, 0.2) is 0 Å². The predicted molar refractivity (Wildman–Crippen MR) is 47.1 cm³/mol. The number of nitro groups is 1. The van der Waals surface area contributed by atoms with E-state index in [1.54, 1.807) is 0 Å². The van der Waals surface area contributed by atoms with Gasteiger partial charge in [-0.2, -0.15) is 0 Å². The van der Waals surface area contributed by atoms with Gasteiger partial charge in [-0.3, -0.25) is 24.5 Å². The molecule has 88 valence electrons. The minimum atomic E-state index is -1.52. The fraction of sp³-hybridized carbons (Fsp3) is 0.625. The summed E-state index contributed by atoms with van der Waals surface area (Å²) in [6, 6.07) is -1.52. The maximum Gasteiger partial charge on any atom is 0.310 e. The van der Waals surface area contributed by atoms with Gasteiger partial charge in [0.2, 0.25) is 5.78 Å². The van der Waals surface area contributed by atoms with E-state index in [1.165, 1.54) is 0 Å². The van der Waals surface area contributed by atoms with Gasteiger partial charge in [0.05, 0.1) is 6.42 Å². The van der Waals surface area contributed by atoms with E-state index in [9.17, 15) is 24.5 Å². The number of aliphatic carboxylic acids is 1. The average Bonchev–Trinajstić information content (AvgIpc) is 2.17. The van der Waals surface area contributed by atoms with Crippen molar-refractivity contribution in [1.29, 1.82) is 0 Å². The number of ketones is 1. The third-order valence-corrected chi connectivity index (χ3v) is 2.50. The monoisotopic (exact) mass is 231 g/mol. The Morgan fingerprint density at radius 3 is 2.69 bits per heavy atom. The third kappa shape index (κ3) is 2.33. The highest BCUT2D eigenvalue weighted by Crippen LogP contribution is 2.26. The Labute approximate surface area is 89.3 Å². The number of carbonyl (C=O) groups excluding carboxylic acids is 2. The van der Waals surface area contributed by atoms with E-state index >= 15 is 0 Å². The molecule has 1 rings (SSSR count). The fourth-order valence-electron chi connectivity index (χ4n) is 1.68. The highest BCUT2D eigenvalue weighted by molar-refractivity contribution is 5.87. The van der Waals surface area contributed by atoms with Gasteiger partial charge in [-0.15, -0.1) is 0 Å². The molecule has 0 saturated heterocycles. The standard InChI is InChI=1S/C8H9NO7/c10-3-16-7-2-6(11)5(9(14)15)1-4(7)8(12)13/h3-5,7H,1-2H2,(H,12,13). The zero-order chi connectivity index (χ0) is 12.3. The number of carbonyl (C=O) groups is 3. The topological polar surface area (TPSA) is 124 Å². The van der Waals surface area contributed by atoms with Crippen LogP contribution >= 0.6 is 0 Å². The van der Waals surface area contributed by atoms with Crippen LogP contribution in [0.3, 0.4) is 0 Å². The third-order valence-electron chi connectivity index (χ3n) is 2.50. The quantitative estimate of drug-likeness (QED) is 0.383. The lowest BCUT2D eigenvalue weighted by Gasteiger charge is -2.27. The van der Waals surface area contributed by atoms with Crippen molar-refractivity contribution in [2.75, 3.05) is 0 Å². The van der Waals surface area contributed by atoms with Gasteiger partial charge in [-0.05, 0) is 0 Å². The van der Waals surface area contributed by atoms with Crippen molar-refractivity contribution in [2.24, 2.45) is 5.92 Å². The average molecular weight is 231 g/mol. The molecule has 0 spiro atoms. The van der Waals surface area contributed by atoms with E-state index < -0.39 is 47.6 Å². The molecule has 0 bridgehead atoms. The number of ether oxygens (including phenoxy) is 1. The number of hydrogen-bond donors (Lipinski definition) is 1. The first-order valence-corrected chi connectivity index (χ1v) is 4.45. The number of carboxylic acids is 1. The molecule has 8 heteroatoms. The molecule has 0 aliphatic heterocycles. The van der Waals surface area contributed by atoms with E-state index in [0.29, 0.717) is 0 Å². The van der Waals surface area contributed by atoms with Crippen molar-refractivity contribution < 1.29 is 29.2 Å². The molecular weight excluding hydrogens is 222 g/mol. The normalized spacial score (nSPS) is 29.5. The molecule has 1 aliphatic carbocycles. The smallest absolute Gasteiger partial charge is 0.310 e. The van der Waals surface area contributed by atoms with Crippen molar-refractivity contribution in [3.63, 3.8) is 0 Å². The SMILES string of the molecule is O=COC1CC(=O)C([N+](=O)[O-])CC1C(=O)O. The zero-order valence-corrected chi connectivity index (χ0v) is 8.07. The summed E-state index contributed by atoms with van der Waals surface area (Å²) in [5.41, 5.74) is 0. The molecule has 1 fully saturated rings. The zero-order valence-electron chi connectivity index (χ0n) is 8.07. The Hall–Kier alpha value is -1.99. The van der Waals surface area contributed by atoms with Crippen LogP contribution in [-0.2, 0) is 19.1 Å². The minimum Gasteiger partial charge on any atom is -0.481 e. The Balaban J connectivity index is 2.85. The Morgan fingerprint density at radius 1 is 1.62 bits per heavy atom. The van der Waals surface area contributed by atoms with Crippen molar-refractivity contribution >= 4 is 18.2 Å². The maximum absolute atomic E-state index is 11.3. The van der Waals surface area contributed by atoms with Crippen LogP contribution in [0.4, 0.5) is 0 Å². The Morgan fingerprint density at radius 2 is 2.25 bits per heavy atom. The minimum absolute atomic E-state index is 0.0420. The summed E-state index contributed by atoms with van der Waals surface area (Å²) in [6.07, 6.45) is -1.99. The highest BCUT2D eigenvalue weighted by atomic mass is 16.6. The van der Waals surface area contributed by atoms with E-state index in [4.69, 9.17) is 5.11 Å². The van der Waals surface area contributed by atoms with Crippen molar-refractivity contribution in [3.8, 4) is 0 Å². The van der Waals surface area contributed by atoms with Crippen LogP contribution in [0.2, 0.25) is 0 Å². The molecule has 0 radical (unpaired) electrons. The number of rotatable bonds is 4. The first-order valence-electron chi connectivity index (χ1n) is 4.45. The summed E-state index contributed by atoms with van der Waals surface area (Å²) >= 11 is 0.